The van der Waals surface area contributed by atoms with Crippen LogP contribution in [-0.2, 0) is 17.8 Å². The quantitative estimate of drug-likeness (QED) is 0.297. The van der Waals surface area contributed by atoms with Crippen LogP contribution in [0.5, 0.6) is 5.75 Å². The van der Waals surface area contributed by atoms with Gasteiger partial charge in [0.1, 0.15) is 11.6 Å². The van der Waals surface area contributed by atoms with Crippen molar-refractivity contribution in [1.29, 1.82) is 0 Å². The smallest absolute Gasteiger partial charge is 0.143 e. The monoisotopic (exact) mass is 210 g/mol. The van der Waals surface area contributed by atoms with Gasteiger partial charge in [-0.05, 0) is 11.6 Å². The van der Waals surface area contributed by atoms with Gasteiger partial charge in [-0.2, -0.15) is 0 Å². The number of phenolic OH excluding ortho intramolecular Hbond substituents is 1. The second-order valence-electron chi connectivity index (χ2n) is 3.12. The van der Waals surface area contributed by atoms with E-state index in [2.05, 4.69) is 5.16 Å². The fourth-order valence-electron chi connectivity index (χ4n) is 1.33. The summed E-state index contributed by atoms with van der Waals surface area (Å²) in [6.45, 7) is 0.377. The molecular weight excluding hydrogens is 196 g/mol. The number of rotatable bonds is 4. The van der Waals surface area contributed by atoms with Crippen LogP contribution < -0.4 is 5.73 Å². The molecule has 0 unspecified atom stereocenters. The molecule has 5 nitrogen and oxygen atoms in total. The van der Waals surface area contributed by atoms with Crippen molar-refractivity contribution in [3.63, 3.8) is 0 Å². The average molecular weight is 210 g/mol. The van der Waals surface area contributed by atoms with Crippen LogP contribution >= 0.6 is 0 Å². The molecule has 0 atom stereocenters. The Kier molecular flexibility index (Phi) is 3.93. The molecule has 15 heavy (non-hydrogen) atoms. The predicted octanol–water partition coefficient (Wildman–Crippen LogP) is 0.828. The van der Waals surface area contributed by atoms with Crippen LogP contribution in [0.1, 0.15) is 11.1 Å². The normalized spacial score (nSPS) is 11.7. The predicted molar refractivity (Wildman–Crippen MR) is 55.9 cm³/mol. The Morgan fingerprint density at radius 1 is 1.53 bits per heavy atom. The number of oxime groups is 1. The summed E-state index contributed by atoms with van der Waals surface area (Å²) in [5, 5.41) is 20.9. The molecule has 0 saturated carbocycles. The lowest BCUT2D eigenvalue weighted by atomic mass is 10.0. The van der Waals surface area contributed by atoms with Crippen molar-refractivity contribution < 1.29 is 15.1 Å². The highest BCUT2D eigenvalue weighted by Gasteiger charge is 2.09. The summed E-state index contributed by atoms with van der Waals surface area (Å²) >= 11 is 0. The number of hydrogen-bond donors (Lipinski definition) is 3. The van der Waals surface area contributed by atoms with Gasteiger partial charge in [-0.3, -0.25) is 0 Å². The van der Waals surface area contributed by atoms with E-state index in [0.717, 1.165) is 5.56 Å². The third-order valence-electron chi connectivity index (χ3n) is 2.03. The number of amidine groups is 1. The van der Waals surface area contributed by atoms with Crippen molar-refractivity contribution in [2.75, 3.05) is 7.11 Å². The first-order chi connectivity index (χ1) is 7.19. The number of aromatic hydroxyl groups is 1. The molecule has 1 rings (SSSR count). The largest absolute Gasteiger partial charge is 0.508 e. The van der Waals surface area contributed by atoms with Gasteiger partial charge in [-0.15, -0.1) is 0 Å². The van der Waals surface area contributed by atoms with Crippen molar-refractivity contribution >= 4 is 5.84 Å². The molecule has 0 aromatic heterocycles. The Balaban J connectivity index is 3.01. The minimum atomic E-state index is 0.0499. The highest BCUT2D eigenvalue weighted by atomic mass is 16.5. The Morgan fingerprint density at radius 3 is 2.87 bits per heavy atom. The standard InChI is InChI=1S/C10H14N2O3/c1-15-6-7-3-2-4-9(13)8(7)5-10(11)12-14/h2-4,13-14H,5-6H2,1H3,(H2,11,12). The van der Waals surface area contributed by atoms with Gasteiger partial charge in [0.05, 0.1) is 6.61 Å². The zero-order chi connectivity index (χ0) is 11.3. The van der Waals surface area contributed by atoms with E-state index in [0.29, 0.717) is 12.2 Å². The molecule has 0 aliphatic heterocycles. The maximum atomic E-state index is 9.61. The van der Waals surface area contributed by atoms with E-state index in [1.807, 2.05) is 6.07 Å². The molecular formula is C10H14N2O3. The molecule has 0 fully saturated rings. The number of nitrogens with two attached hydrogens (primary N) is 1. The minimum absolute atomic E-state index is 0.0499. The first-order valence-electron chi connectivity index (χ1n) is 4.44. The van der Waals surface area contributed by atoms with E-state index < -0.39 is 0 Å². The second-order valence-corrected chi connectivity index (χ2v) is 3.12. The summed E-state index contributed by atoms with van der Waals surface area (Å²) in [5.41, 5.74) is 6.83. The van der Waals surface area contributed by atoms with Crippen molar-refractivity contribution in [1.82, 2.24) is 0 Å². The maximum absolute atomic E-state index is 9.61. The van der Waals surface area contributed by atoms with E-state index in [4.69, 9.17) is 15.7 Å². The summed E-state index contributed by atoms with van der Waals surface area (Å²) in [6, 6.07) is 5.10. The molecule has 5 heteroatoms. The van der Waals surface area contributed by atoms with Crippen LogP contribution in [0.15, 0.2) is 23.4 Å². The Labute approximate surface area is 87.8 Å². The average Bonchev–Trinajstić information content (AvgIpc) is 2.23. The van der Waals surface area contributed by atoms with Crippen LogP contribution in [-0.4, -0.2) is 23.3 Å². The summed E-state index contributed by atoms with van der Waals surface area (Å²) in [6.07, 6.45) is 0.196. The third-order valence-corrected chi connectivity index (χ3v) is 2.03. The highest BCUT2D eigenvalue weighted by Crippen LogP contribution is 2.22. The summed E-state index contributed by atoms with van der Waals surface area (Å²) in [7, 11) is 1.57. The second kappa shape index (κ2) is 5.21. The van der Waals surface area contributed by atoms with Crippen LogP contribution in [0.4, 0.5) is 0 Å². The van der Waals surface area contributed by atoms with E-state index in [1.54, 1.807) is 19.2 Å². The fraction of sp³-hybridized carbons (Fsp3) is 0.300. The van der Waals surface area contributed by atoms with Crippen LogP contribution in [0.25, 0.3) is 0 Å². The van der Waals surface area contributed by atoms with Gasteiger partial charge in [0, 0.05) is 19.1 Å². The number of ether oxygens (including phenoxy) is 1. The molecule has 82 valence electrons. The summed E-state index contributed by atoms with van der Waals surface area (Å²) in [5.74, 6) is 0.171. The molecule has 0 amide bonds. The number of benzene rings is 1. The Hall–Kier alpha value is -1.75. The number of nitrogens with zero attached hydrogens (tertiary/aromatic N) is 1. The molecule has 0 saturated heterocycles. The lowest BCUT2D eigenvalue weighted by Gasteiger charge is -2.09. The van der Waals surface area contributed by atoms with Gasteiger partial charge >= 0.3 is 0 Å². The van der Waals surface area contributed by atoms with Gasteiger partial charge in [0.15, 0.2) is 0 Å². The zero-order valence-electron chi connectivity index (χ0n) is 8.47. The SMILES string of the molecule is COCc1cccc(O)c1C/C(N)=N/O. The number of methoxy groups -OCH3 is 1. The molecule has 0 aliphatic carbocycles. The first kappa shape index (κ1) is 11.3. The maximum Gasteiger partial charge on any atom is 0.143 e. The van der Waals surface area contributed by atoms with Crippen molar-refractivity contribution in [2.45, 2.75) is 13.0 Å². The highest BCUT2D eigenvalue weighted by molar-refractivity contribution is 5.83. The van der Waals surface area contributed by atoms with Crippen LogP contribution in [0, 0.1) is 0 Å². The van der Waals surface area contributed by atoms with Gasteiger partial charge in [-0.1, -0.05) is 17.3 Å². The molecule has 0 spiro atoms. The van der Waals surface area contributed by atoms with Crippen LogP contribution in [0.3, 0.4) is 0 Å². The lowest BCUT2D eigenvalue weighted by molar-refractivity contribution is 0.184. The van der Waals surface area contributed by atoms with E-state index >= 15 is 0 Å². The van der Waals surface area contributed by atoms with Crippen molar-refractivity contribution in [2.24, 2.45) is 10.9 Å². The number of phenols is 1. The van der Waals surface area contributed by atoms with Gasteiger partial charge < -0.3 is 20.8 Å². The van der Waals surface area contributed by atoms with Crippen molar-refractivity contribution in [3.05, 3.63) is 29.3 Å². The van der Waals surface area contributed by atoms with E-state index in [1.165, 1.54) is 0 Å². The molecule has 0 radical (unpaired) electrons. The van der Waals surface area contributed by atoms with Crippen LogP contribution in [0.2, 0.25) is 0 Å². The number of hydrogen-bond acceptors (Lipinski definition) is 4. The van der Waals surface area contributed by atoms with Gasteiger partial charge in [0.2, 0.25) is 0 Å². The van der Waals surface area contributed by atoms with E-state index in [9.17, 15) is 5.11 Å². The molecule has 1 aromatic carbocycles. The molecule has 1 aromatic rings. The molecule has 0 aliphatic rings. The molecule has 4 N–H and O–H groups in total. The first-order valence-corrected chi connectivity index (χ1v) is 4.44. The Bertz CT molecular complexity index is 364. The third kappa shape index (κ3) is 2.85. The zero-order valence-corrected chi connectivity index (χ0v) is 8.47. The topological polar surface area (TPSA) is 88.1 Å². The van der Waals surface area contributed by atoms with Gasteiger partial charge in [0.25, 0.3) is 0 Å². The van der Waals surface area contributed by atoms with E-state index in [-0.39, 0.29) is 18.0 Å². The van der Waals surface area contributed by atoms with Gasteiger partial charge in [-0.25, -0.2) is 0 Å². The summed E-state index contributed by atoms with van der Waals surface area (Å²) in [4.78, 5) is 0. The minimum Gasteiger partial charge on any atom is -0.508 e. The molecule has 0 heterocycles. The fourth-order valence-corrected chi connectivity index (χ4v) is 1.33. The van der Waals surface area contributed by atoms with Crippen molar-refractivity contribution in [3.8, 4) is 5.75 Å². The summed E-state index contributed by atoms with van der Waals surface area (Å²) < 4.78 is 4.98. The Morgan fingerprint density at radius 2 is 2.27 bits per heavy atom. The molecule has 0 bridgehead atoms. The lowest BCUT2D eigenvalue weighted by Crippen LogP contribution is -2.16.